The van der Waals surface area contributed by atoms with E-state index in [-0.39, 0.29) is 28.6 Å². The number of nitro groups is 1. The number of anilines is 2. The summed E-state index contributed by atoms with van der Waals surface area (Å²) in [4.78, 5) is 50.3. The van der Waals surface area contributed by atoms with Crippen molar-refractivity contribution in [1.82, 2.24) is 9.55 Å². The average molecular weight is 396 g/mol. The van der Waals surface area contributed by atoms with Gasteiger partial charge in [-0.3, -0.25) is 29.3 Å². The van der Waals surface area contributed by atoms with Crippen molar-refractivity contribution >= 4 is 34.7 Å². The molecule has 1 aromatic carbocycles. The Morgan fingerprint density at radius 1 is 1.41 bits per heavy atom. The molecule has 0 aliphatic rings. The van der Waals surface area contributed by atoms with Crippen molar-refractivity contribution in [3.05, 3.63) is 59.7 Å². The molecule has 0 unspecified atom stereocenters. The van der Waals surface area contributed by atoms with Gasteiger partial charge in [0.15, 0.2) is 5.69 Å². The number of halogens is 1. The third-order valence-corrected chi connectivity index (χ3v) is 4.30. The van der Waals surface area contributed by atoms with Gasteiger partial charge in [-0.1, -0.05) is 24.9 Å². The summed E-state index contributed by atoms with van der Waals surface area (Å²) in [5.41, 5.74) is 3.76. The SMILES string of the molecule is CCCCn1c(N)c(N(C)C(=O)c2ccc(Cl)c([N+](=O)[O-])c2)c(=O)[nH]c1=O. The van der Waals surface area contributed by atoms with Crippen molar-refractivity contribution < 1.29 is 9.72 Å². The monoisotopic (exact) mass is 395 g/mol. The normalized spacial score (nSPS) is 10.6. The van der Waals surface area contributed by atoms with E-state index in [1.54, 1.807) is 0 Å². The van der Waals surface area contributed by atoms with Gasteiger partial charge in [0, 0.05) is 25.2 Å². The molecule has 1 aromatic heterocycles. The van der Waals surface area contributed by atoms with Gasteiger partial charge in [0.2, 0.25) is 0 Å². The second-order valence-electron chi connectivity index (χ2n) is 5.79. The topological polar surface area (TPSA) is 144 Å². The molecule has 0 radical (unpaired) electrons. The third-order valence-electron chi connectivity index (χ3n) is 3.98. The number of amides is 1. The van der Waals surface area contributed by atoms with Crippen LogP contribution in [0.1, 0.15) is 30.1 Å². The highest BCUT2D eigenvalue weighted by atomic mass is 35.5. The van der Waals surface area contributed by atoms with E-state index in [1.165, 1.54) is 23.7 Å². The van der Waals surface area contributed by atoms with E-state index in [0.29, 0.717) is 6.42 Å². The highest BCUT2D eigenvalue weighted by Gasteiger charge is 2.24. The van der Waals surface area contributed by atoms with Crippen LogP contribution in [0.3, 0.4) is 0 Å². The zero-order valence-electron chi connectivity index (χ0n) is 14.7. The van der Waals surface area contributed by atoms with Gasteiger partial charge < -0.3 is 10.6 Å². The smallest absolute Gasteiger partial charge is 0.330 e. The Balaban J connectivity index is 2.51. The summed E-state index contributed by atoms with van der Waals surface area (Å²) in [5, 5.41) is 10.9. The first-order valence-corrected chi connectivity index (χ1v) is 8.41. The molecule has 11 heteroatoms. The van der Waals surface area contributed by atoms with Crippen molar-refractivity contribution in [3.8, 4) is 0 Å². The van der Waals surface area contributed by atoms with Crippen molar-refractivity contribution in [3.63, 3.8) is 0 Å². The number of nitrogen functional groups attached to an aromatic ring is 1. The maximum Gasteiger partial charge on any atom is 0.330 e. The average Bonchev–Trinajstić information content (AvgIpc) is 2.60. The second-order valence-corrected chi connectivity index (χ2v) is 6.19. The van der Waals surface area contributed by atoms with Crippen LogP contribution in [0.4, 0.5) is 17.2 Å². The number of nitrogens with zero attached hydrogens (tertiary/aromatic N) is 3. The number of aromatic nitrogens is 2. The quantitative estimate of drug-likeness (QED) is 0.563. The fourth-order valence-electron chi connectivity index (χ4n) is 2.52. The number of benzene rings is 1. The van der Waals surface area contributed by atoms with Gasteiger partial charge in [0.1, 0.15) is 10.8 Å². The summed E-state index contributed by atoms with van der Waals surface area (Å²) in [6, 6.07) is 3.53. The molecule has 2 rings (SSSR count). The summed E-state index contributed by atoms with van der Waals surface area (Å²) in [5.74, 6) is -0.871. The molecule has 0 aliphatic carbocycles. The molecule has 144 valence electrons. The van der Waals surface area contributed by atoms with Crippen LogP contribution in [-0.4, -0.2) is 27.4 Å². The van der Waals surface area contributed by atoms with E-state index in [2.05, 4.69) is 4.98 Å². The summed E-state index contributed by atoms with van der Waals surface area (Å²) in [7, 11) is 1.29. The molecule has 0 fully saturated rings. The molecule has 0 saturated carbocycles. The summed E-state index contributed by atoms with van der Waals surface area (Å²) in [6.07, 6.45) is 1.44. The van der Waals surface area contributed by atoms with Crippen LogP contribution in [0.15, 0.2) is 27.8 Å². The molecule has 0 atom stereocenters. The van der Waals surface area contributed by atoms with Gasteiger partial charge in [-0.2, -0.15) is 0 Å². The Hall–Kier alpha value is -3.14. The van der Waals surface area contributed by atoms with Crippen molar-refractivity contribution in [2.24, 2.45) is 0 Å². The predicted octanol–water partition coefficient (Wildman–Crippen LogP) is 1.76. The molecule has 27 heavy (non-hydrogen) atoms. The van der Waals surface area contributed by atoms with Gasteiger partial charge in [-0.05, 0) is 18.6 Å². The van der Waals surface area contributed by atoms with Gasteiger partial charge in [0.05, 0.1) is 4.92 Å². The van der Waals surface area contributed by atoms with E-state index in [4.69, 9.17) is 17.3 Å². The molecule has 1 heterocycles. The van der Waals surface area contributed by atoms with Crippen LogP contribution in [0, 0.1) is 10.1 Å². The Morgan fingerprint density at radius 2 is 2.07 bits per heavy atom. The zero-order valence-corrected chi connectivity index (χ0v) is 15.4. The second kappa shape index (κ2) is 8.04. The Kier molecular flexibility index (Phi) is 6.01. The van der Waals surface area contributed by atoms with E-state index in [1.807, 2.05) is 6.92 Å². The minimum atomic E-state index is -0.829. The lowest BCUT2D eigenvalue weighted by molar-refractivity contribution is -0.384. The van der Waals surface area contributed by atoms with Crippen LogP contribution in [-0.2, 0) is 6.54 Å². The largest absolute Gasteiger partial charge is 0.383 e. The van der Waals surface area contributed by atoms with Crippen molar-refractivity contribution in [1.29, 1.82) is 0 Å². The highest BCUT2D eigenvalue weighted by Crippen LogP contribution is 2.26. The lowest BCUT2D eigenvalue weighted by Crippen LogP contribution is -2.39. The number of nitrogens with one attached hydrogen (secondary N) is 1. The minimum absolute atomic E-state index is 0.0568. The molecular formula is C16H18ClN5O5. The molecule has 0 saturated heterocycles. The first kappa shape index (κ1) is 20.2. The van der Waals surface area contributed by atoms with Gasteiger partial charge in [0.25, 0.3) is 17.2 Å². The fraction of sp³-hybridized carbons (Fsp3) is 0.312. The number of aromatic amines is 1. The van der Waals surface area contributed by atoms with Crippen molar-refractivity contribution in [2.45, 2.75) is 26.3 Å². The van der Waals surface area contributed by atoms with Gasteiger partial charge in [-0.25, -0.2) is 4.79 Å². The van der Waals surface area contributed by atoms with E-state index in [0.717, 1.165) is 17.4 Å². The number of nitro benzene ring substituents is 1. The molecule has 1 amide bonds. The number of hydrogen-bond acceptors (Lipinski definition) is 6. The van der Waals surface area contributed by atoms with Gasteiger partial charge in [-0.15, -0.1) is 0 Å². The van der Waals surface area contributed by atoms with E-state index < -0.39 is 27.8 Å². The Labute approximate surface area is 158 Å². The number of carbonyl (C=O) groups excluding carboxylic acids is 1. The number of nitrogens with two attached hydrogens (primary N) is 1. The number of unbranched alkanes of at least 4 members (excludes halogenated alkanes) is 1. The lowest BCUT2D eigenvalue weighted by atomic mass is 10.1. The Morgan fingerprint density at radius 3 is 2.67 bits per heavy atom. The van der Waals surface area contributed by atoms with Crippen molar-refractivity contribution in [2.75, 3.05) is 17.7 Å². The number of hydrogen-bond donors (Lipinski definition) is 2. The molecule has 3 N–H and O–H groups in total. The predicted molar refractivity (Wildman–Crippen MR) is 101 cm³/mol. The molecule has 0 aliphatic heterocycles. The highest BCUT2D eigenvalue weighted by molar-refractivity contribution is 6.32. The summed E-state index contributed by atoms with van der Waals surface area (Å²) >= 11 is 5.75. The number of carbonyl (C=O) groups is 1. The van der Waals surface area contributed by atoms with E-state index in [9.17, 15) is 24.5 Å². The first-order chi connectivity index (χ1) is 12.7. The molecule has 0 spiro atoms. The molecule has 10 nitrogen and oxygen atoms in total. The first-order valence-electron chi connectivity index (χ1n) is 8.03. The van der Waals surface area contributed by atoms with Crippen LogP contribution in [0.5, 0.6) is 0 Å². The maximum absolute atomic E-state index is 12.7. The number of H-pyrrole nitrogens is 1. The molecule has 2 aromatic rings. The van der Waals surface area contributed by atoms with Crippen LogP contribution >= 0.6 is 11.6 Å². The molecular weight excluding hydrogens is 378 g/mol. The molecule has 0 bridgehead atoms. The van der Waals surface area contributed by atoms with Crippen LogP contribution < -0.4 is 21.9 Å². The van der Waals surface area contributed by atoms with Gasteiger partial charge >= 0.3 is 5.69 Å². The standard InChI is InChI=1S/C16H18ClN5O5/c1-3-4-7-21-13(18)12(14(23)19-16(21)25)20(2)15(24)9-5-6-10(17)11(8-9)22(26)27/h5-6,8H,3-4,7,18H2,1-2H3,(H,19,23,25). The fourth-order valence-corrected chi connectivity index (χ4v) is 2.71. The third kappa shape index (κ3) is 4.00. The summed E-state index contributed by atoms with van der Waals surface area (Å²) < 4.78 is 1.17. The van der Waals surface area contributed by atoms with E-state index >= 15 is 0 Å². The Bertz CT molecular complexity index is 1010. The number of rotatable bonds is 6. The summed E-state index contributed by atoms with van der Waals surface area (Å²) in [6.45, 7) is 2.20. The van der Waals surface area contributed by atoms with Crippen LogP contribution in [0.2, 0.25) is 5.02 Å². The minimum Gasteiger partial charge on any atom is -0.383 e. The zero-order chi connectivity index (χ0) is 20.3. The lowest BCUT2D eigenvalue weighted by Gasteiger charge is -2.20. The maximum atomic E-state index is 12.7. The van der Waals surface area contributed by atoms with Crippen LogP contribution in [0.25, 0.3) is 0 Å².